The van der Waals surface area contributed by atoms with Gasteiger partial charge in [-0.3, -0.25) is 0 Å². The Bertz CT molecular complexity index is 998. The van der Waals surface area contributed by atoms with E-state index in [9.17, 15) is 8.42 Å². The zero-order valence-electron chi connectivity index (χ0n) is 14.2. The van der Waals surface area contributed by atoms with Crippen LogP contribution in [0.25, 0.3) is 16.2 Å². The second kappa shape index (κ2) is 7.11. The molecule has 0 amide bonds. The fourth-order valence-electron chi connectivity index (χ4n) is 2.37. The minimum Gasteiger partial charge on any atom is -0.495 e. The molecule has 1 aliphatic rings. The Morgan fingerprint density at radius 1 is 1.38 bits per heavy atom. The monoisotopic (exact) mass is 391 g/mol. The minimum absolute atomic E-state index is 0.141. The Morgan fingerprint density at radius 3 is 2.65 bits per heavy atom. The van der Waals surface area contributed by atoms with Gasteiger partial charge in [-0.2, -0.15) is 0 Å². The summed E-state index contributed by atoms with van der Waals surface area (Å²) in [5.41, 5.74) is 0.842. The normalized spacial score (nSPS) is 13.9. The second-order valence-corrected chi connectivity index (χ2v) is 8.02. The maximum Gasteiger partial charge on any atom is 0.259 e. The fourth-order valence-corrected chi connectivity index (χ4v) is 3.60. The Labute approximate surface area is 156 Å². The van der Waals surface area contributed by atoms with E-state index >= 15 is 0 Å². The molecule has 10 heteroatoms. The highest BCUT2D eigenvalue weighted by atomic mass is 32.2. The van der Waals surface area contributed by atoms with Gasteiger partial charge >= 0.3 is 0 Å². The summed E-state index contributed by atoms with van der Waals surface area (Å²) in [7, 11) is -2.60. The van der Waals surface area contributed by atoms with E-state index in [4.69, 9.17) is 16.4 Å². The summed E-state index contributed by atoms with van der Waals surface area (Å²) in [6.45, 7) is 7.42. The van der Waals surface area contributed by atoms with Gasteiger partial charge in [-0.1, -0.05) is 0 Å². The number of nitrogens with zero attached hydrogens (tertiary/aromatic N) is 3. The van der Waals surface area contributed by atoms with Gasteiger partial charge in [-0.25, -0.2) is 28.4 Å². The Morgan fingerprint density at radius 2 is 2.12 bits per heavy atom. The van der Waals surface area contributed by atoms with Crippen molar-refractivity contribution >= 4 is 33.3 Å². The van der Waals surface area contributed by atoms with E-state index < -0.39 is 10.0 Å². The van der Waals surface area contributed by atoms with E-state index in [2.05, 4.69) is 20.1 Å². The van der Waals surface area contributed by atoms with Gasteiger partial charge in [0.2, 0.25) is 10.0 Å². The van der Waals surface area contributed by atoms with Gasteiger partial charge in [-0.05, 0) is 37.3 Å². The highest BCUT2D eigenvalue weighted by Crippen LogP contribution is 2.38. The van der Waals surface area contributed by atoms with Gasteiger partial charge < -0.3 is 10.1 Å². The highest BCUT2D eigenvalue weighted by Gasteiger charge is 2.25. The predicted molar refractivity (Wildman–Crippen MR) is 100 cm³/mol. The predicted octanol–water partition coefficient (Wildman–Crippen LogP) is 2.65. The number of primary sulfonamides is 1. The number of sulfonamides is 1. The van der Waals surface area contributed by atoms with Crippen LogP contribution in [0.15, 0.2) is 28.1 Å². The van der Waals surface area contributed by atoms with Crippen LogP contribution in [-0.2, 0) is 10.0 Å². The lowest BCUT2D eigenvalue weighted by atomic mass is 10.2. The lowest BCUT2D eigenvalue weighted by Gasteiger charge is -2.13. The second-order valence-electron chi connectivity index (χ2n) is 5.69. The smallest absolute Gasteiger partial charge is 0.259 e. The standard InChI is InChI=1S/C16H17N5O3S2/c1-18-13-15(19-10-5-6-10)20-14(21-16(13)25-3)9-4-7-11(24-2)12(8-9)26(17,22)23/h4,7-8,10H,5-6H2,2-3H3,(H2,17,22,23)(H,19,20,21). The summed E-state index contributed by atoms with van der Waals surface area (Å²) in [6.07, 6.45) is 3.89. The lowest BCUT2D eigenvalue weighted by molar-refractivity contribution is 0.403. The van der Waals surface area contributed by atoms with Gasteiger partial charge in [-0.15, -0.1) is 11.8 Å². The average molecular weight is 391 g/mol. The van der Waals surface area contributed by atoms with Crippen LogP contribution in [0.1, 0.15) is 12.8 Å². The molecule has 3 N–H and O–H groups in total. The van der Waals surface area contributed by atoms with Gasteiger partial charge in [0, 0.05) is 11.6 Å². The number of methoxy groups -OCH3 is 1. The van der Waals surface area contributed by atoms with Crippen molar-refractivity contribution in [3.63, 3.8) is 0 Å². The number of hydrogen-bond acceptors (Lipinski definition) is 7. The van der Waals surface area contributed by atoms with Crippen LogP contribution in [0.5, 0.6) is 5.75 Å². The van der Waals surface area contributed by atoms with Gasteiger partial charge in [0.15, 0.2) is 5.82 Å². The lowest BCUT2D eigenvalue weighted by Crippen LogP contribution is -2.13. The molecule has 1 fully saturated rings. The summed E-state index contributed by atoms with van der Waals surface area (Å²) < 4.78 is 28.8. The first-order valence-corrected chi connectivity index (χ1v) is 10.5. The molecule has 0 aliphatic heterocycles. The van der Waals surface area contributed by atoms with Crippen molar-refractivity contribution in [3.8, 4) is 17.1 Å². The van der Waals surface area contributed by atoms with Gasteiger partial charge in [0.05, 0.1) is 13.7 Å². The number of thioether (sulfide) groups is 1. The molecule has 1 aromatic heterocycles. The summed E-state index contributed by atoms with van der Waals surface area (Å²) in [5, 5.41) is 9.05. The first-order chi connectivity index (χ1) is 12.4. The van der Waals surface area contributed by atoms with Crippen molar-refractivity contribution in [1.29, 1.82) is 0 Å². The molecule has 0 radical (unpaired) electrons. The van der Waals surface area contributed by atoms with Crippen LogP contribution >= 0.6 is 11.8 Å². The molecule has 8 nitrogen and oxygen atoms in total. The van der Waals surface area contributed by atoms with E-state index in [0.29, 0.717) is 34.0 Å². The molecule has 0 atom stereocenters. The SMILES string of the molecule is [C-]#[N+]c1c(NC2CC2)nc(-c2ccc(OC)c(S(N)(=O)=O)c2)nc1SC. The molecule has 1 heterocycles. The molecular formula is C16H17N5O3S2. The summed E-state index contributed by atoms with van der Waals surface area (Å²) in [5.74, 6) is 0.928. The van der Waals surface area contributed by atoms with Crippen molar-refractivity contribution in [2.45, 2.75) is 28.8 Å². The first kappa shape index (κ1) is 18.4. The maximum atomic E-state index is 11.8. The third-order valence-electron chi connectivity index (χ3n) is 3.80. The van der Waals surface area contributed by atoms with Crippen LogP contribution in [0, 0.1) is 6.57 Å². The molecule has 0 spiro atoms. The molecule has 3 rings (SSSR count). The molecule has 2 aromatic rings. The molecule has 26 heavy (non-hydrogen) atoms. The Kier molecular flexibility index (Phi) is 5.04. The highest BCUT2D eigenvalue weighted by molar-refractivity contribution is 7.98. The number of nitrogens with two attached hydrogens (primary N) is 1. The number of benzene rings is 1. The first-order valence-electron chi connectivity index (χ1n) is 7.68. The molecule has 136 valence electrons. The molecule has 1 saturated carbocycles. The zero-order chi connectivity index (χ0) is 18.9. The number of nitrogens with one attached hydrogen (secondary N) is 1. The number of anilines is 1. The zero-order valence-corrected chi connectivity index (χ0v) is 15.8. The molecule has 0 saturated heterocycles. The number of ether oxygens (including phenoxy) is 1. The van der Waals surface area contributed by atoms with Crippen LogP contribution < -0.4 is 15.2 Å². The molecule has 0 unspecified atom stereocenters. The summed E-state index contributed by atoms with van der Waals surface area (Å²) in [4.78, 5) is 12.3. The summed E-state index contributed by atoms with van der Waals surface area (Å²) in [6, 6.07) is 4.86. The minimum atomic E-state index is -3.97. The van der Waals surface area contributed by atoms with E-state index in [1.54, 1.807) is 6.07 Å². The van der Waals surface area contributed by atoms with E-state index in [1.807, 2.05) is 6.26 Å². The van der Waals surface area contributed by atoms with Crippen LogP contribution in [0.3, 0.4) is 0 Å². The number of rotatable bonds is 6. The molecule has 0 bridgehead atoms. The van der Waals surface area contributed by atoms with Gasteiger partial charge in [0.1, 0.15) is 21.5 Å². The largest absolute Gasteiger partial charge is 0.495 e. The van der Waals surface area contributed by atoms with Crippen molar-refractivity contribution in [2.75, 3.05) is 18.7 Å². The van der Waals surface area contributed by atoms with Crippen molar-refractivity contribution in [3.05, 3.63) is 29.6 Å². The van der Waals surface area contributed by atoms with Crippen molar-refractivity contribution in [1.82, 2.24) is 9.97 Å². The van der Waals surface area contributed by atoms with Crippen LogP contribution in [0.2, 0.25) is 0 Å². The van der Waals surface area contributed by atoms with E-state index in [0.717, 1.165) is 12.8 Å². The van der Waals surface area contributed by atoms with E-state index in [-0.39, 0.29) is 10.6 Å². The van der Waals surface area contributed by atoms with Crippen molar-refractivity contribution < 1.29 is 13.2 Å². The van der Waals surface area contributed by atoms with Gasteiger partial charge in [0.25, 0.3) is 5.69 Å². The topological polar surface area (TPSA) is 112 Å². The van der Waals surface area contributed by atoms with Crippen molar-refractivity contribution in [2.24, 2.45) is 5.14 Å². The average Bonchev–Trinajstić information content (AvgIpc) is 3.43. The number of hydrogen-bond donors (Lipinski definition) is 2. The number of aromatic nitrogens is 2. The summed E-state index contributed by atoms with van der Waals surface area (Å²) >= 11 is 1.34. The molecular weight excluding hydrogens is 374 g/mol. The van der Waals surface area contributed by atoms with Crippen LogP contribution in [0.4, 0.5) is 11.5 Å². The molecule has 1 aromatic carbocycles. The molecule has 1 aliphatic carbocycles. The Balaban J connectivity index is 2.16. The maximum absolute atomic E-state index is 11.8. The third-order valence-corrected chi connectivity index (χ3v) is 5.41. The Hall–Kier alpha value is -2.35. The fraction of sp³-hybridized carbons (Fsp3) is 0.312. The van der Waals surface area contributed by atoms with Crippen LogP contribution in [-0.4, -0.2) is 37.8 Å². The third kappa shape index (κ3) is 3.75. The van der Waals surface area contributed by atoms with E-state index in [1.165, 1.54) is 31.0 Å². The quantitative estimate of drug-likeness (QED) is 0.442.